The van der Waals surface area contributed by atoms with Gasteiger partial charge in [-0.3, -0.25) is 0 Å². The van der Waals surface area contributed by atoms with Crippen LogP contribution < -0.4 is 0 Å². The molecule has 0 spiro atoms. The van der Waals surface area contributed by atoms with Crippen LogP contribution in [0, 0.1) is 12.3 Å². The highest BCUT2D eigenvalue weighted by Crippen LogP contribution is 2.32. The predicted molar refractivity (Wildman–Crippen MR) is 66.5 cm³/mol. The summed E-state index contributed by atoms with van der Waals surface area (Å²) in [4.78, 5) is 0. The second-order valence-corrected chi connectivity index (χ2v) is 3.71. The molecule has 0 saturated carbocycles. The molecule has 0 aromatic heterocycles. The Labute approximate surface area is 94.5 Å². The number of benzene rings is 2. The Balaban J connectivity index is 2.98. The fourth-order valence-corrected chi connectivity index (χ4v) is 1.81. The lowest BCUT2D eigenvalue weighted by atomic mass is 10.0. The van der Waals surface area contributed by atoms with E-state index in [9.17, 15) is 5.11 Å². The van der Waals surface area contributed by atoms with Gasteiger partial charge in [-0.15, -0.1) is 6.42 Å². The van der Waals surface area contributed by atoms with Crippen molar-refractivity contribution in [3.8, 4) is 18.1 Å². The fourth-order valence-electron chi connectivity index (χ4n) is 1.81. The highest BCUT2D eigenvalue weighted by Gasteiger charge is 2.12. The van der Waals surface area contributed by atoms with Gasteiger partial charge >= 0.3 is 0 Å². The Morgan fingerprint density at radius 3 is 2.75 bits per heavy atom. The first-order chi connectivity index (χ1) is 7.63. The number of phenols is 1. The first-order valence-corrected chi connectivity index (χ1v) is 4.90. The van der Waals surface area contributed by atoms with E-state index in [0.29, 0.717) is 0 Å². The Kier molecular flexibility index (Phi) is 2.38. The summed E-state index contributed by atoms with van der Waals surface area (Å²) in [6.45, 7) is 3.83. The standard InChI is InChI=1S/C14H11NO/c1-4-10-6-5-7-11-8-12(16)9-13(14(10)11)15(2)3/h1,5-9H,2H2,3H3/p+1. The molecule has 0 heterocycles. The lowest BCUT2D eigenvalue weighted by Crippen LogP contribution is -1.95. The number of terminal acetylenes is 1. The van der Waals surface area contributed by atoms with Crippen LogP contribution in [0.5, 0.6) is 5.75 Å². The zero-order chi connectivity index (χ0) is 11.7. The molecule has 0 fully saturated rings. The molecular weight excluding hydrogens is 198 g/mol. The first-order valence-electron chi connectivity index (χ1n) is 4.90. The van der Waals surface area contributed by atoms with Crippen LogP contribution in [0.4, 0.5) is 5.69 Å². The van der Waals surface area contributed by atoms with E-state index in [1.165, 1.54) is 0 Å². The van der Waals surface area contributed by atoms with Crippen molar-refractivity contribution < 1.29 is 9.68 Å². The number of fused-ring (bicyclic) bond motifs is 1. The Bertz CT molecular complexity index is 620. The molecule has 0 amide bonds. The Morgan fingerprint density at radius 2 is 2.12 bits per heavy atom. The Morgan fingerprint density at radius 1 is 1.38 bits per heavy atom. The second kappa shape index (κ2) is 3.71. The molecule has 0 unspecified atom stereocenters. The molecule has 2 aromatic carbocycles. The topological polar surface area (TPSA) is 23.2 Å². The third kappa shape index (κ3) is 1.53. The molecular formula is C14H12NO+. The molecule has 1 N–H and O–H groups in total. The average molecular weight is 210 g/mol. The molecule has 2 heteroatoms. The predicted octanol–water partition coefficient (Wildman–Crippen LogP) is 2.50. The minimum atomic E-state index is 0.215. The van der Waals surface area contributed by atoms with E-state index in [1.54, 1.807) is 16.7 Å². The summed E-state index contributed by atoms with van der Waals surface area (Å²) in [5, 5.41) is 11.5. The van der Waals surface area contributed by atoms with Gasteiger partial charge in [-0.1, -0.05) is 18.1 Å². The molecule has 2 nitrogen and oxygen atoms in total. The SMILES string of the molecule is C#Cc1cccc2cc(O)cc([N+](=C)C)c12. The van der Waals surface area contributed by atoms with Crippen molar-refractivity contribution in [2.75, 3.05) is 7.05 Å². The molecule has 0 aliphatic rings. The van der Waals surface area contributed by atoms with E-state index in [2.05, 4.69) is 12.6 Å². The average Bonchev–Trinajstić information content (AvgIpc) is 2.26. The highest BCUT2D eigenvalue weighted by atomic mass is 16.3. The van der Waals surface area contributed by atoms with E-state index >= 15 is 0 Å². The molecule has 2 rings (SSSR count). The second-order valence-electron chi connectivity index (χ2n) is 3.71. The van der Waals surface area contributed by atoms with Gasteiger partial charge in [-0.25, -0.2) is 4.58 Å². The van der Waals surface area contributed by atoms with Gasteiger partial charge in [-0.05, 0) is 17.5 Å². The van der Waals surface area contributed by atoms with Crippen LogP contribution in [0.1, 0.15) is 5.56 Å². The van der Waals surface area contributed by atoms with Crippen molar-refractivity contribution in [2.45, 2.75) is 0 Å². The maximum absolute atomic E-state index is 9.62. The smallest absolute Gasteiger partial charge is 0.217 e. The number of nitrogens with zero attached hydrogens (tertiary/aromatic N) is 1. The van der Waals surface area contributed by atoms with Crippen LogP contribution in [0.3, 0.4) is 0 Å². The minimum absolute atomic E-state index is 0.215. The van der Waals surface area contributed by atoms with Crippen molar-refractivity contribution in [2.24, 2.45) is 0 Å². The monoisotopic (exact) mass is 210 g/mol. The number of rotatable bonds is 1. The van der Waals surface area contributed by atoms with Crippen molar-refractivity contribution in [3.05, 3.63) is 35.9 Å². The van der Waals surface area contributed by atoms with E-state index < -0.39 is 0 Å². The summed E-state index contributed by atoms with van der Waals surface area (Å²) in [5.74, 6) is 2.86. The summed E-state index contributed by atoms with van der Waals surface area (Å²) in [6, 6.07) is 9.04. The van der Waals surface area contributed by atoms with Crippen LogP contribution in [-0.2, 0) is 0 Å². The van der Waals surface area contributed by atoms with Crippen LogP contribution >= 0.6 is 0 Å². The highest BCUT2D eigenvalue weighted by molar-refractivity contribution is 5.96. The quantitative estimate of drug-likeness (QED) is 0.436. The van der Waals surface area contributed by atoms with Gasteiger partial charge in [0.15, 0.2) is 0 Å². The van der Waals surface area contributed by atoms with Crippen molar-refractivity contribution in [3.63, 3.8) is 0 Å². The van der Waals surface area contributed by atoms with Crippen LogP contribution in [0.25, 0.3) is 10.8 Å². The van der Waals surface area contributed by atoms with Gasteiger partial charge in [0.2, 0.25) is 5.69 Å². The number of hydrogen-bond donors (Lipinski definition) is 1. The van der Waals surface area contributed by atoms with E-state index in [1.807, 2.05) is 25.2 Å². The summed E-state index contributed by atoms with van der Waals surface area (Å²) in [6.07, 6.45) is 5.47. The summed E-state index contributed by atoms with van der Waals surface area (Å²) < 4.78 is 1.70. The van der Waals surface area contributed by atoms with Crippen molar-refractivity contribution in [1.82, 2.24) is 0 Å². The van der Waals surface area contributed by atoms with Gasteiger partial charge in [0, 0.05) is 5.56 Å². The number of hydrogen-bond acceptors (Lipinski definition) is 1. The number of aromatic hydroxyl groups is 1. The maximum atomic E-state index is 9.62. The van der Waals surface area contributed by atoms with E-state index in [-0.39, 0.29) is 5.75 Å². The molecule has 0 bridgehead atoms. The fraction of sp³-hybridized carbons (Fsp3) is 0.0714. The normalized spacial score (nSPS) is 10.0. The van der Waals surface area contributed by atoms with Crippen molar-refractivity contribution >= 4 is 23.2 Å². The van der Waals surface area contributed by atoms with Crippen molar-refractivity contribution in [1.29, 1.82) is 0 Å². The van der Waals surface area contributed by atoms with E-state index in [0.717, 1.165) is 22.0 Å². The zero-order valence-electron chi connectivity index (χ0n) is 9.07. The largest absolute Gasteiger partial charge is 0.508 e. The first kappa shape index (κ1) is 10.3. The maximum Gasteiger partial charge on any atom is 0.217 e. The molecule has 0 aliphatic carbocycles. The zero-order valence-corrected chi connectivity index (χ0v) is 9.07. The van der Waals surface area contributed by atoms with Gasteiger partial charge in [0.1, 0.15) is 19.5 Å². The molecule has 16 heavy (non-hydrogen) atoms. The molecule has 78 valence electrons. The van der Waals surface area contributed by atoms with Gasteiger partial charge < -0.3 is 5.11 Å². The van der Waals surface area contributed by atoms with E-state index in [4.69, 9.17) is 6.42 Å². The van der Waals surface area contributed by atoms with Crippen LogP contribution in [0.15, 0.2) is 30.3 Å². The third-order valence-corrected chi connectivity index (χ3v) is 2.51. The third-order valence-electron chi connectivity index (χ3n) is 2.51. The van der Waals surface area contributed by atoms with Gasteiger partial charge in [0.05, 0.1) is 11.5 Å². The lowest BCUT2D eigenvalue weighted by molar-refractivity contribution is -0.393. The molecule has 0 radical (unpaired) electrons. The summed E-state index contributed by atoms with van der Waals surface area (Å²) >= 11 is 0. The number of phenolic OH excluding ortho intramolecular Hbond substituents is 1. The van der Waals surface area contributed by atoms with Gasteiger partial charge in [-0.2, -0.15) is 0 Å². The van der Waals surface area contributed by atoms with Crippen LogP contribution in [0.2, 0.25) is 0 Å². The van der Waals surface area contributed by atoms with Crippen LogP contribution in [-0.4, -0.2) is 23.4 Å². The molecule has 2 aromatic rings. The minimum Gasteiger partial charge on any atom is -0.508 e. The molecule has 0 saturated heterocycles. The lowest BCUT2D eigenvalue weighted by Gasteiger charge is -2.05. The molecule has 0 aliphatic heterocycles. The van der Waals surface area contributed by atoms with Gasteiger partial charge in [0.25, 0.3) is 0 Å². The molecule has 0 atom stereocenters. The Hall–Kier alpha value is -2.27. The summed E-state index contributed by atoms with van der Waals surface area (Å²) in [5.41, 5.74) is 1.63. The summed E-state index contributed by atoms with van der Waals surface area (Å²) in [7, 11) is 1.82.